The summed E-state index contributed by atoms with van der Waals surface area (Å²) in [4.78, 5) is 2.31. The van der Waals surface area contributed by atoms with Crippen LogP contribution >= 0.6 is 0 Å². The Hall–Kier alpha value is -8.14. The summed E-state index contributed by atoms with van der Waals surface area (Å²) < 4.78 is 9.37. The number of benzene rings is 10. The van der Waals surface area contributed by atoms with Crippen molar-refractivity contribution >= 4 is 71.6 Å². The molecule has 12 aromatic rings. The van der Waals surface area contributed by atoms with Crippen molar-refractivity contribution < 1.29 is 4.42 Å². The summed E-state index contributed by atoms with van der Waals surface area (Å²) in [6.45, 7) is 0. The summed E-state index contributed by atoms with van der Waals surface area (Å²) in [5.74, 6) is 0. The smallest absolute Gasteiger partial charge is 0.137 e. The molecule has 0 spiro atoms. The van der Waals surface area contributed by atoms with E-state index in [1.165, 1.54) is 60.4 Å². The van der Waals surface area contributed by atoms with Crippen LogP contribution in [0.15, 0.2) is 235 Å². The van der Waals surface area contributed by atoms with Crippen LogP contribution in [0.5, 0.6) is 0 Å². The van der Waals surface area contributed by atoms with Crippen LogP contribution in [-0.2, 0) is 0 Å². The molecule has 3 heteroatoms. The van der Waals surface area contributed by atoms with Crippen molar-refractivity contribution in [3.05, 3.63) is 231 Å². The molecule has 0 atom stereocenters. The largest absolute Gasteiger partial charge is 0.456 e. The van der Waals surface area contributed by atoms with E-state index in [2.05, 4.69) is 240 Å². The van der Waals surface area contributed by atoms with Crippen LogP contribution in [0.25, 0.3) is 93.6 Å². The molecular weight excluding hydrogens is 741 g/mol. The van der Waals surface area contributed by atoms with Gasteiger partial charge in [0.2, 0.25) is 0 Å². The number of aromatic nitrogens is 1. The average Bonchev–Trinajstić information content (AvgIpc) is 3.88. The molecule has 0 radical (unpaired) electrons. The first-order valence-electron chi connectivity index (χ1n) is 20.8. The van der Waals surface area contributed by atoms with E-state index < -0.39 is 0 Å². The molecule has 0 unspecified atom stereocenters. The molecule has 2 heterocycles. The second kappa shape index (κ2) is 14.3. The van der Waals surface area contributed by atoms with E-state index in [1.807, 2.05) is 0 Å². The first kappa shape index (κ1) is 34.9. The zero-order valence-corrected chi connectivity index (χ0v) is 33.2. The second-order valence-corrected chi connectivity index (χ2v) is 15.7. The van der Waals surface area contributed by atoms with Gasteiger partial charge in [-0.1, -0.05) is 164 Å². The summed E-state index contributed by atoms with van der Waals surface area (Å²) in [6, 6.07) is 82.6. The number of para-hydroxylation sites is 4. The molecule has 0 aliphatic carbocycles. The molecule has 2 aromatic heterocycles. The van der Waals surface area contributed by atoms with Gasteiger partial charge >= 0.3 is 0 Å². The Bertz CT molecular complexity index is 3550. The molecule has 10 aromatic carbocycles. The minimum Gasteiger partial charge on any atom is -0.456 e. The molecule has 0 amide bonds. The molecule has 286 valence electrons. The number of furan rings is 1. The van der Waals surface area contributed by atoms with Gasteiger partial charge in [-0.25, -0.2) is 0 Å². The predicted molar refractivity (Wildman–Crippen MR) is 257 cm³/mol. The highest BCUT2D eigenvalue weighted by Gasteiger charge is 2.21. The van der Waals surface area contributed by atoms with Crippen LogP contribution < -0.4 is 4.90 Å². The molecule has 0 fully saturated rings. The van der Waals surface area contributed by atoms with Gasteiger partial charge < -0.3 is 13.9 Å². The Morgan fingerprint density at radius 3 is 1.59 bits per heavy atom. The van der Waals surface area contributed by atoms with Gasteiger partial charge in [-0.2, -0.15) is 0 Å². The number of fused-ring (bicyclic) bond motifs is 8. The number of hydrogen-bond acceptors (Lipinski definition) is 2. The van der Waals surface area contributed by atoms with Crippen molar-refractivity contribution in [1.82, 2.24) is 4.57 Å². The van der Waals surface area contributed by atoms with Gasteiger partial charge in [-0.3, -0.25) is 0 Å². The van der Waals surface area contributed by atoms with Gasteiger partial charge in [0.15, 0.2) is 0 Å². The van der Waals surface area contributed by atoms with Gasteiger partial charge in [0.05, 0.1) is 11.0 Å². The summed E-state index contributed by atoms with van der Waals surface area (Å²) in [5, 5.41) is 7.06. The lowest BCUT2D eigenvalue weighted by molar-refractivity contribution is 0.669. The Morgan fingerprint density at radius 1 is 0.328 bits per heavy atom. The maximum atomic E-state index is 6.96. The molecule has 3 nitrogen and oxygen atoms in total. The molecule has 0 saturated heterocycles. The molecule has 61 heavy (non-hydrogen) atoms. The monoisotopic (exact) mass is 778 g/mol. The van der Waals surface area contributed by atoms with Crippen LogP contribution in [0.2, 0.25) is 0 Å². The standard InChI is InChI=1S/C58H38N2O/c1-4-15-39(16-5-1)40-27-29-41(30-28-40)42-31-33-45(34-32-42)59(43-17-6-2-7-18-43)46-35-36-52-55(37-46)61-56-38-53(47-21-10-11-23-49(47)57(52)56)51-25-14-24-50-48-22-12-13-26-54(48)60(58(50)51)44-19-8-3-9-20-44/h1-38H. The third kappa shape index (κ3) is 5.82. The number of nitrogens with zero attached hydrogens (tertiary/aromatic N) is 2. The van der Waals surface area contributed by atoms with Crippen LogP contribution in [-0.4, -0.2) is 4.57 Å². The summed E-state index contributed by atoms with van der Waals surface area (Å²) in [5.41, 5.74) is 15.5. The van der Waals surface area contributed by atoms with Crippen molar-refractivity contribution in [2.75, 3.05) is 4.90 Å². The van der Waals surface area contributed by atoms with E-state index in [1.54, 1.807) is 0 Å². The molecule has 0 aliphatic rings. The second-order valence-electron chi connectivity index (χ2n) is 15.7. The number of rotatable bonds is 7. The third-order valence-corrected chi connectivity index (χ3v) is 12.2. The zero-order chi connectivity index (χ0) is 40.3. The van der Waals surface area contributed by atoms with E-state index in [0.29, 0.717) is 0 Å². The molecule has 12 rings (SSSR count). The lowest BCUT2D eigenvalue weighted by atomic mass is 9.93. The Labute approximate surface area is 353 Å². The lowest BCUT2D eigenvalue weighted by Crippen LogP contribution is -2.09. The van der Waals surface area contributed by atoms with Crippen molar-refractivity contribution in [2.45, 2.75) is 0 Å². The van der Waals surface area contributed by atoms with Crippen LogP contribution in [0.4, 0.5) is 17.1 Å². The summed E-state index contributed by atoms with van der Waals surface area (Å²) in [6.07, 6.45) is 0. The highest BCUT2D eigenvalue weighted by atomic mass is 16.3. The fourth-order valence-electron chi connectivity index (χ4n) is 9.38. The Kier molecular flexibility index (Phi) is 8.17. The Morgan fingerprint density at radius 2 is 0.869 bits per heavy atom. The van der Waals surface area contributed by atoms with Crippen molar-refractivity contribution in [3.63, 3.8) is 0 Å². The highest BCUT2D eigenvalue weighted by molar-refractivity contribution is 6.24. The van der Waals surface area contributed by atoms with Gasteiger partial charge in [0.1, 0.15) is 11.2 Å². The molecule has 0 aliphatic heterocycles. The first-order chi connectivity index (χ1) is 30.3. The van der Waals surface area contributed by atoms with E-state index in [-0.39, 0.29) is 0 Å². The topological polar surface area (TPSA) is 21.3 Å². The van der Waals surface area contributed by atoms with Gasteiger partial charge in [0, 0.05) is 55.9 Å². The van der Waals surface area contributed by atoms with Crippen LogP contribution in [0.3, 0.4) is 0 Å². The third-order valence-electron chi connectivity index (χ3n) is 12.2. The minimum absolute atomic E-state index is 0.850. The van der Waals surface area contributed by atoms with Gasteiger partial charge in [-0.05, 0) is 99.3 Å². The summed E-state index contributed by atoms with van der Waals surface area (Å²) in [7, 11) is 0. The van der Waals surface area contributed by atoms with E-state index in [4.69, 9.17) is 4.42 Å². The van der Waals surface area contributed by atoms with Crippen LogP contribution in [0, 0.1) is 0 Å². The normalized spacial score (nSPS) is 11.6. The van der Waals surface area contributed by atoms with E-state index in [0.717, 1.165) is 50.3 Å². The fourth-order valence-corrected chi connectivity index (χ4v) is 9.38. The quantitative estimate of drug-likeness (QED) is 0.161. The van der Waals surface area contributed by atoms with Crippen molar-refractivity contribution in [1.29, 1.82) is 0 Å². The lowest BCUT2D eigenvalue weighted by Gasteiger charge is -2.25. The first-order valence-corrected chi connectivity index (χ1v) is 20.8. The van der Waals surface area contributed by atoms with Crippen molar-refractivity contribution in [2.24, 2.45) is 0 Å². The number of hydrogen-bond donors (Lipinski definition) is 0. The maximum Gasteiger partial charge on any atom is 0.137 e. The van der Waals surface area contributed by atoms with Crippen molar-refractivity contribution in [3.8, 4) is 39.1 Å². The van der Waals surface area contributed by atoms with Gasteiger partial charge in [0.25, 0.3) is 0 Å². The maximum absolute atomic E-state index is 6.96. The fraction of sp³-hybridized carbons (Fsp3) is 0. The summed E-state index contributed by atoms with van der Waals surface area (Å²) >= 11 is 0. The van der Waals surface area contributed by atoms with E-state index >= 15 is 0 Å². The SMILES string of the molecule is c1ccc(-c2ccc(-c3ccc(N(c4ccccc4)c4ccc5c(c4)oc4cc(-c6cccc7c8ccccc8n(-c8ccccc8)c67)c6ccccc6c45)cc3)cc2)cc1. The zero-order valence-electron chi connectivity index (χ0n) is 33.2. The van der Waals surface area contributed by atoms with Crippen LogP contribution in [0.1, 0.15) is 0 Å². The average molecular weight is 779 g/mol. The Balaban J connectivity index is 0.992. The molecule has 0 N–H and O–H groups in total. The minimum atomic E-state index is 0.850. The number of anilines is 3. The molecule has 0 saturated carbocycles. The predicted octanol–water partition coefficient (Wildman–Crippen LogP) is 16.3. The van der Waals surface area contributed by atoms with Gasteiger partial charge in [-0.15, -0.1) is 0 Å². The van der Waals surface area contributed by atoms with E-state index in [9.17, 15) is 0 Å². The molecular formula is C58H38N2O. The highest BCUT2D eigenvalue weighted by Crippen LogP contribution is 2.46. The molecule has 0 bridgehead atoms.